The fourth-order valence-electron chi connectivity index (χ4n) is 2.87. The van der Waals surface area contributed by atoms with Crippen LogP contribution >= 0.6 is 11.3 Å². The normalized spacial score (nSPS) is 10.5. The molecule has 0 unspecified atom stereocenters. The van der Waals surface area contributed by atoms with Crippen LogP contribution in [0, 0.1) is 22.9 Å². The molecule has 7 nitrogen and oxygen atoms in total. The molecule has 0 saturated heterocycles. The number of nitrogens with one attached hydrogen (secondary N) is 1. The number of esters is 1. The van der Waals surface area contributed by atoms with E-state index in [4.69, 9.17) is 4.74 Å². The van der Waals surface area contributed by atoms with E-state index in [2.05, 4.69) is 5.32 Å². The van der Waals surface area contributed by atoms with Gasteiger partial charge in [-0.05, 0) is 43.7 Å². The highest BCUT2D eigenvalue weighted by molar-refractivity contribution is 7.15. The minimum absolute atomic E-state index is 0.0894. The number of aryl methyl sites for hydroxylation is 1. The van der Waals surface area contributed by atoms with Crippen molar-refractivity contribution in [2.24, 2.45) is 0 Å². The van der Waals surface area contributed by atoms with Gasteiger partial charge >= 0.3 is 5.97 Å². The van der Waals surface area contributed by atoms with E-state index in [9.17, 15) is 24.1 Å². The molecule has 0 aliphatic carbocycles. The molecule has 3 aromatic rings. The molecule has 0 fully saturated rings. The molecule has 0 spiro atoms. The Balaban J connectivity index is 1.96. The summed E-state index contributed by atoms with van der Waals surface area (Å²) in [7, 11) is 0. The summed E-state index contributed by atoms with van der Waals surface area (Å²) in [5.74, 6) is -1.55. The Labute approximate surface area is 175 Å². The second-order valence-corrected chi connectivity index (χ2v) is 7.17. The SMILES string of the molecule is CCOC(=O)c1c(-c2ccc(F)cc2)csc1NC(=O)c1ccc([N+](=O)[O-])c(C)c1. The number of ether oxygens (including phenoxy) is 1. The molecular formula is C21H17FN2O5S. The number of anilines is 1. The topological polar surface area (TPSA) is 98.5 Å². The number of carbonyl (C=O) groups excluding carboxylic acids is 2. The predicted molar refractivity (Wildman–Crippen MR) is 111 cm³/mol. The molecule has 1 heterocycles. The van der Waals surface area contributed by atoms with E-state index in [1.807, 2.05) is 0 Å². The van der Waals surface area contributed by atoms with Crippen molar-refractivity contribution in [2.45, 2.75) is 13.8 Å². The summed E-state index contributed by atoms with van der Waals surface area (Å²) in [5, 5.41) is 15.6. The van der Waals surface area contributed by atoms with Crippen LogP contribution in [0.25, 0.3) is 11.1 Å². The second-order valence-electron chi connectivity index (χ2n) is 6.29. The highest BCUT2D eigenvalue weighted by Crippen LogP contribution is 2.36. The van der Waals surface area contributed by atoms with E-state index in [0.717, 1.165) is 11.3 Å². The van der Waals surface area contributed by atoms with Crippen LogP contribution in [0.2, 0.25) is 0 Å². The fraction of sp³-hybridized carbons (Fsp3) is 0.143. The van der Waals surface area contributed by atoms with Gasteiger partial charge in [0.15, 0.2) is 0 Å². The first kappa shape index (κ1) is 21.1. The predicted octanol–water partition coefficient (Wildman–Crippen LogP) is 5.20. The maximum Gasteiger partial charge on any atom is 0.341 e. The molecule has 1 N–H and O–H groups in total. The quantitative estimate of drug-likeness (QED) is 0.331. The zero-order chi connectivity index (χ0) is 21.8. The Bertz CT molecular complexity index is 1120. The van der Waals surface area contributed by atoms with Crippen molar-refractivity contribution in [3.05, 3.63) is 80.5 Å². The summed E-state index contributed by atoms with van der Waals surface area (Å²) in [4.78, 5) is 35.7. The lowest BCUT2D eigenvalue weighted by Crippen LogP contribution is -2.15. The number of nitro benzene ring substituents is 1. The van der Waals surface area contributed by atoms with Crippen molar-refractivity contribution in [3.63, 3.8) is 0 Å². The minimum atomic E-state index is -0.617. The first-order chi connectivity index (χ1) is 14.3. The average molecular weight is 428 g/mol. The van der Waals surface area contributed by atoms with Crippen LogP contribution in [0.4, 0.5) is 15.1 Å². The summed E-state index contributed by atoms with van der Waals surface area (Å²) in [6, 6.07) is 9.64. The summed E-state index contributed by atoms with van der Waals surface area (Å²) in [6.07, 6.45) is 0. The maximum atomic E-state index is 13.3. The standard InChI is InChI=1S/C21H17FN2O5S/c1-3-29-21(26)18-16(13-4-7-15(22)8-5-13)11-30-20(18)23-19(25)14-6-9-17(24(27)28)12(2)10-14/h4-11H,3H2,1-2H3,(H,23,25). The second kappa shape index (κ2) is 8.83. The Morgan fingerprint density at radius 3 is 2.50 bits per heavy atom. The first-order valence-electron chi connectivity index (χ1n) is 8.92. The largest absolute Gasteiger partial charge is 0.462 e. The highest BCUT2D eigenvalue weighted by Gasteiger charge is 2.23. The van der Waals surface area contributed by atoms with Gasteiger partial charge in [0.25, 0.3) is 11.6 Å². The number of hydrogen-bond acceptors (Lipinski definition) is 6. The smallest absolute Gasteiger partial charge is 0.341 e. The molecule has 0 aliphatic heterocycles. The van der Waals surface area contributed by atoms with Gasteiger partial charge in [0.05, 0.1) is 11.5 Å². The van der Waals surface area contributed by atoms with Crippen molar-refractivity contribution >= 4 is 33.9 Å². The molecule has 0 saturated carbocycles. The molecule has 0 aliphatic rings. The van der Waals surface area contributed by atoms with Crippen LogP contribution in [-0.4, -0.2) is 23.4 Å². The number of rotatable bonds is 6. The van der Waals surface area contributed by atoms with Crippen molar-refractivity contribution in [1.29, 1.82) is 0 Å². The minimum Gasteiger partial charge on any atom is -0.462 e. The molecule has 1 aromatic heterocycles. The van der Waals surface area contributed by atoms with Gasteiger partial charge in [0, 0.05) is 28.1 Å². The summed E-state index contributed by atoms with van der Waals surface area (Å²) < 4.78 is 18.4. The van der Waals surface area contributed by atoms with Crippen LogP contribution in [0.15, 0.2) is 47.8 Å². The van der Waals surface area contributed by atoms with Crippen molar-refractivity contribution < 1.29 is 23.6 Å². The van der Waals surface area contributed by atoms with Gasteiger partial charge in [0.2, 0.25) is 0 Å². The van der Waals surface area contributed by atoms with Gasteiger partial charge in [-0.25, -0.2) is 9.18 Å². The van der Waals surface area contributed by atoms with Crippen molar-refractivity contribution in [3.8, 4) is 11.1 Å². The molecule has 0 bridgehead atoms. The van der Waals surface area contributed by atoms with Crippen LogP contribution in [0.1, 0.15) is 33.2 Å². The molecule has 2 aromatic carbocycles. The molecule has 154 valence electrons. The Morgan fingerprint density at radius 1 is 1.20 bits per heavy atom. The Hall–Kier alpha value is -3.59. The third-order valence-electron chi connectivity index (χ3n) is 4.31. The molecular weight excluding hydrogens is 411 g/mol. The lowest BCUT2D eigenvalue weighted by Gasteiger charge is -2.09. The van der Waals surface area contributed by atoms with E-state index in [1.165, 1.54) is 49.4 Å². The van der Waals surface area contributed by atoms with Gasteiger partial charge < -0.3 is 10.1 Å². The molecule has 0 radical (unpaired) electrons. The number of nitrogens with zero attached hydrogens (tertiary/aromatic N) is 1. The third-order valence-corrected chi connectivity index (χ3v) is 5.20. The van der Waals surface area contributed by atoms with E-state index in [1.54, 1.807) is 12.3 Å². The number of amides is 1. The third kappa shape index (κ3) is 4.36. The lowest BCUT2D eigenvalue weighted by molar-refractivity contribution is -0.385. The van der Waals surface area contributed by atoms with Gasteiger partial charge in [-0.15, -0.1) is 11.3 Å². The molecule has 0 atom stereocenters. The van der Waals surface area contributed by atoms with Gasteiger partial charge in [-0.1, -0.05) is 12.1 Å². The van der Waals surface area contributed by atoms with E-state index in [-0.39, 0.29) is 28.4 Å². The first-order valence-corrected chi connectivity index (χ1v) is 9.80. The number of thiophene rings is 1. The zero-order valence-electron chi connectivity index (χ0n) is 16.1. The summed E-state index contributed by atoms with van der Waals surface area (Å²) >= 11 is 1.13. The molecule has 30 heavy (non-hydrogen) atoms. The monoisotopic (exact) mass is 428 g/mol. The van der Waals surface area contributed by atoms with Crippen molar-refractivity contribution in [1.82, 2.24) is 0 Å². The maximum absolute atomic E-state index is 13.3. The van der Waals surface area contributed by atoms with Crippen molar-refractivity contribution in [2.75, 3.05) is 11.9 Å². The highest BCUT2D eigenvalue weighted by atomic mass is 32.1. The van der Waals surface area contributed by atoms with Gasteiger partial charge in [-0.2, -0.15) is 0 Å². The van der Waals surface area contributed by atoms with Gasteiger partial charge in [0.1, 0.15) is 16.4 Å². The number of benzene rings is 2. The number of halogens is 1. The average Bonchev–Trinajstić information content (AvgIpc) is 3.11. The lowest BCUT2D eigenvalue weighted by atomic mass is 10.0. The Kier molecular flexibility index (Phi) is 6.22. The van der Waals surface area contributed by atoms with Crippen LogP contribution in [0.5, 0.6) is 0 Å². The van der Waals surface area contributed by atoms with Crippen LogP contribution < -0.4 is 5.32 Å². The van der Waals surface area contributed by atoms with Crippen LogP contribution in [-0.2, 0) is 4.74 Å². The zero-order valence-corrected chi connectivity index (χ0v) is 16.9. The number of nitro groups is 1. The van der Waals surface area contributed by atoms with E-state index in [0.29, 0.717) is 16.7 Å². The van der Waals surface area contributed by atoms with Crippen LogP contribution in [0.3, 0.4) is 0 Å². The molecule has 1 amide bonds. The van der Waals surface area contributed by atoms with Gasteiger partial charge in [-0.3, -0.25) is 14.9 Å². The van der Waals surface area contributed by atoms with E-state index >= 15 is 0 Å². The molecule has 9 heteroatoms. The Morgan fingerprint density at radius 2 is 1.90 bits per heavy atom. The molecule has 3 rings (SSSR count). The summed E-state index contributed by atoms with van der Waals surface area (Å²) in [6.45, 7) is 3.35. The van der Waals surface area contributed by atoms with E-state index < -0.39 is 22.6 Å². The number of carbonyl (C=O) groups is 2. The number of hydrogen-bond donors (Lipinski definition) is 1. The fourth-order valence-corrected chi connectivity index (χ4v) is 3.83. The summed E-state index contributed by atoms with van der Waals surface area (Å²) in [5.41, 5.74) is 1.74.